The molecule has 1 aromatic heterocycles. The van der Waals surface area contributed by atoms with Crippen molar-refractivity contribution >= 4 is 51.4 Å². The van der Waals surface area contributed by atoms with Gasteiger partial charge in [-0.25, -0.2) is 4.98 Å². The van der Waals surface area contributed by atoms with E-state index in [1.165, 1.54) is 12.1 Å². The van der Waals surface area contributed by atoms with Crippen LogP contribution < -0.4 is 4.74 Å². The van der Waals surface area contributed by atoms with E-state index in [9.17, 15) is 10.1 Å². The Labute approximate surface area is 157 Å². The zero-order valence-electron chi connectivity index (χ0n) is 12.5. The van der Waals surface area contributed by atoms with Crippen LogP contribution in [0.2, 0.25) is 0 Å². The van der Waals surface area contributed by atoms with Crippen molar-refractivity contribution in [1.82, 2.24) is 9.97 Å². The Morgan fingerprint density at radius 3 is 2.56 bits per heavy atom. The molecule has 2 aromatic carbocycles. The van der Waals surface area contributed by atoms with Crippen molar-refractivity contribution in [1.29, 1.82) is 0 Å². The molecule has 0 spiro atoms. The summed E-state index contributed by atoms with van der Waals surface area (Å²) in [5.41, 5.74) is 1.16. The Balaban J connectivity index is 1.95. The smallest absolute Gasteiger partial charge is 0.269 e. The second kappa shape index (κ2) is 7.00. The summed E-state index contributed by atoms with van der Waals surface area (Å²) in [7, 11) is 0. The fourth-order valence-corrected chi connectivity index (χ4v) is 2.45. The number of nitro benzene ring substituents is 1. The molecule has 3 aromatic rings. The average molecular weight is 399 g/mol. The number of non-ortho nitro benzene ring substituents is 1. The molecule has 0 unspecified atom stereocenters. The molecule has 0 aliphatic carbocycles. The van der Waals surface area contributed by atoms with Crippen molar-refractivity contribution in [2.24, 2.45) is 0 Å². The lowest BCUT2D eigenvalue weighted by Gasteiger charge is -2.13. The van der Waals surface area contributed by atoms with Gasteiger partial charge in [0.25, 0.3) is 5.69 Å². The fourth-order valence-electron chi connectivity index (χ4n) is 2.20. The number of para-hydroxylation sites is 1. The monoisotopic (exact) mass is 397 g/mol. The third kappa shape index (κ3) is 4.10. The summed E-state index contributed by atoms with van der Waals surface area (Å²) in [6.45, 7) is 0.0714. The van der Waals surface area contributed by atoms with Crippen LogP contribution in [0.1, 0.15) is 11.4 Å². The topological polar surface area (TPSA) is 78.2 Å². The highest BCUT2D eigenvalue weighted by Gasteiger charge is 2.28. The Hall–Kier alpha value is -2.15. The number of alkyl halides is 3. The highest BCUT2D eigenvalue weighted by atomic mass is 35.6. The van der Waals surface area contributed by atoms with Gasteiger partial charge in [0.15, 0.2) is 5.82 Å². The Bertz CT molecular complexity index is 945. The van der Waals surface area contributed by atoms with Crippen LogP contribution in [0, 0.1) is 10.1 Å². The lowest BCUT2D eigenvalue weighted by atomic mass is 10.2. The van der Waals surface area contributed by atoms with E-state index in [1.807, 2.05) is 0 Å². The first-order valence-corrected chi connectivity index (χ1v) is 8.18. The molecule has 0 saturated carbocycles. The molecule has 0 bridgehead atoms. The van der Waals surface area contributed by atoms with Gasteiger partial charge in [-0.15, -0.1) is 0 Å². The molecule has 128 valence electrons. The number of rotatable bonds is 4. The van der Waals surface area contributed by atoms with Crippen molar-refractivity contribution in [2.75, 3.05) is 0 Å². The van der Waals surface area contributed by atoms with Gasteiger partial charge >= 0.3 is 0 Å². The summed E-state index contributed by atoms with van der Waals surface area (Å²) in [4.78, 5) is 18.8. The van der Waals surface area contributed by atoms with Gasteiger partial charge in [-0.1, -0.05) is 59.1 Å². The van der Waals surface area contributed by atoms with E-state index in [0.29, 0.717) is 16.5 Å². The molecule has 0 aliphatic rings. The summed E-state index contributed by atoms with van der Waals surface area (Å²) in [6.07, 6.45) is 0. The van der Waals surface area contributed by atoms with E-state index in [1.54, 1.807) is 36.4 Å². The molecular weight excluding hydrogens is 389 g/mol. The molecule has 0 radical (unpaired) electrons. The standard InChI is InChI=1S/C16H10Cl3N3O3/c17-16(18,19)15-20-13-7-2-1-6-12(13)14(21-15)25-9-10-4-3-5-11(8-10)22(23)24/h1-8H,9H2. The predicted molar refractivity (Wildman–Crippen MR) is 96.2 cm³/mol. The molecule has 0 saturated heterocycles. The van der Waals surface area contributed by atoms with E-state index in [0.717, 1.165) is 0 Å². The van der Waals surface area contributed by atoms with Crippen LogP contribution in [0.15, 0.2) is 48.5 Å². The van der Waals surface area contributed by atoms with Gasteiger partial charge in [-0.2, -0.15) is 4.98 Å². The quantitative estimate of drug-likeness (QED) is 0.353. The Kier molecular flexibility index (Phi) is 4.94. The number of nitro groups is 1. The number of nitrogens with zero attached hydrogens (tertiary/aromatic N) is 3. The number of fused-ring (bicyclic) bond motifs is 1. The molecule has 0 N–H and O–H groups in total. The summed E-state index contributed by atoms with van der Waals surface area (Å²) in [6, 6.07) is 13.3. The minimum atomic E-state index is -1.80. The SMILES string of the molecule is O=[N+]([O-])c1cccc(COc2nc(C(Cl)(Cl)Cl)nc3ccccc23)c1. The number of aromatic nitrogens is 2. The zero-order valence-corrected chi connectivity index (χ0v) is 14.8. The molecular formula is C16H10Cl3N3O3. The molecule has 3 rings (SSSR count). The molecule has 0 atom stereocenters. The van der Waals surface area contributed by atoms with Crippen LogP contribution >= 0.6 is 34.8 Å². The lowest BCUT2D eigenvalue weighted by Crippen LogP contribution is -2.09. The first kappa shape index (κ1) is 17.7. The Morgan fingerprint density at radius 2 is 1.84 bits per heavy atom. The summed E-state index contributed by atoms with van der Waals surface area (Å²) in [5.74, 6) is 0.226. The Morgan fingerprint density at radius 1 is 1.08 bits per heavy atom. The predicted octanol–water partition coefficient (Wildman–Crippen LogP) is 4.94. The van der Waals surface area contributed by atoms with Crippen molar-refractivity contribution in [3.8, 4) is 5.88 Å². The van der Waals surface area contributed by atoms with Crippen LogP contribution in [-0.4, -0.2) is 14.9 Å². The minimum absolute atomic E-state index is 0.00903. The van der Waals surface area contributed by atoms with Crippen LogP contribution in [0.4, 0.5) is 5.69 Å². The van der Waals surface area contributed by atoms with E-state index in [-0.39, 0.29) is 24.0 Å². The van der Waals surface area contributed by atoms with Gasteiger partial charge in [0.05, 0.1) is 15.8 Å². The van der Waals surface area contributed by atoms with E-state index in [4.69, 9.17) is 39.5 Å². The van der Waals surface area contributed by atoms with Gasteiger partial charge in [0.1, 0.15) is 6.61 Å². The highest BCUT2D eigenvalue weighted by molar-refractivity contribution is 6.66. The first-order chi connectivity index (χ1) is 11.8. The maximum atomic E-state index is 10.9. The van der Waals surface area contributed by atoms with Crippen molar-refractivity contribution in [2.45, 2.75) is 10.4 Å². The van der Waals surface area contributed by atoms with Gasteiger partial charge in [0, 0.05) is 12.1 Å². The van der Waals surface area contributed by atoms with Crippen molar-refractivity contribution < 1.29 is 9.66 Å². The van der Waals surface area contributed by atoms with E-state index >= 15 is 0 Å². The van der Waals surface area contributed by atoms with Gasteiger partial charge < -0.3 is 4.74 Å². The molecule has 1 heterocycles. The zero-order chi connectivity index (χ0) is 18.0. The molecule has 0 amide bonds. The van der Waals surface area contributed by atoms with Gasteiger partial charge in [0.2, 0.25) is 9.67 Å². The molecule has 0 aliphatic heterocycles. The molecule has 25 heavy (non-hydrogen) atoms. The van der Waals surface area contributed by atoms with Crippen molar-refractivity contribution in [3.63, 3.8) is 0 Å². The maximum Gasteiger partial charge on any atom is 0.269 e. The third-order valence-electron chi connectivity index (χ3n) is 3.32. The average Bonchev–Trinajstić information content (AvgIpc) is 2.59. The number of ether oxygens (including phenoxy) is 1. The third-order valence-corrected chi connectivity index (χ3v) is 3.83. The molecule has 0 fully saturated rings. The van der Waals surface area contributed by atoms with Crippen LogP contribution in [0.5, 0.6) is 5.88 Å². The lowest BCUT2D eigenvalue weighted by molar-refractivity contribution is -0.384. The number of benzene rings is 2. The van der Waals surface area contributed by atoms with E-state index in [2.05, 4.69) is 9.97 Å². The van der Waals surface area contributed by atoms with Crippen molar-refractivity contribution in [3.05, 3.63) is 70.0 Å². The van der Waals surface area contributed by atoms with Crippen LogP contribution in [0.3, 0.4) is 0 Å². The number of halogens is 3. The largest absolute Gasteiger partial charge is 0.472 e. The minimum Gasteiger partial charge on any atom is -0.472 e. The molecule has 9 heteroatoms. The highest BCUT2D eigenvalue weighted by Crippen LogP contribution is 2.38. The summed E-state index contributed by atoms with van der Waals surface area (Å²) in [5, 5.41) is 11.5. The van der Waals surface area contributed by atoms with Crippen LogP contribution in [0.25, 0.3) is 10.9 Å². The van der Waals surface area contributed by atoms with Crippen LogP contribution in [-0.2, 0) is 10.4 Å². The molecule has 6 nitrogen and oxygen atoms in total. The second-order valence-electron chi connectivity index (χ2n) is 5.08. The first-order valence-electron chi connectivity index (χ1n) is 7.05. The number of hydrogen-bond acceptors (Lipinski definition) is 5. The van der Waals surface area contributed by atoms with Gasteiger partial charge in [-0.3, -0.25) is 10.1 Å². The summed E-state index contributed by atoms with van der Waals surface area (Å²) < 4.78 is 3.93. The normalized spacial score (nSPS) is 11.5. The fraction of sp³-hybridized carbons (Fsp3) is 0.125. The second-order valence-corrected chi connectivity index (χ2v) is 7.36. The maximum absolute atomic E-state index is 10.9. The van der Waals surface area contributed by atoms with Gasteiger partial charge in [-0.05, 0) is 17.7 Å². The van der Waals surface area contributed by atoms with E-state index < -0.39 is 8.72 Å². The number of hydrogen-bond donors (Lipinski definition) is 0. The summed E-state index contributed by atoms with van der Waals surface area (Å²) >= 11 is 17.6.